The first-order valence-corrected chi connectivity index (χ1v) is 6.91. The van der Waals surface area contributed by atoms with Crippen molar-refractivity contribution in [2.75, 3.05) is 12.4 Å². The van der Waals surface area contributed by atoms with Crippen LogP contribution in [0.3, 0.4) is 0 Å². The van der Waals surface area contributed by atoms with Gasteiger partial charge in [0.2, 0.25) is 5.91 Å². The van der Waals surface area contributed by atoms with Gasteiger partial charge in [0, 0.05) is 17.3 Å². The summed E-state index contributed by atoms with van der Waals surface area (Å²) in [5, 5.41) is 5.40. The van der Waals surface area contributed by atoms with Crippen LogP contribution < -0.4 is 15.4 Å². The molecular weight excluding hydrogens is 280 g/mol. The average Bonchev–Trinajstić information content (AvgIpc) is 2.55. The van der Waals surface area contributed by atoms with E-state index in [9.17, 15) is 9.59 Å². The molecule has 1 unspecified atom stereocenters. The van der Waals surface area contributed by atoms with Crippen molar-refractivity contribution in [2.24, 2.45) is 0 Å². The normalized spacial score (nSPS) is 11.4. The Labute approximate surface area is 129 Å². The van der Waals surface area contributed by atoms with Gasteiger partial charge in [-0.15, -0.1) is 0 Å². The van der Waals surface area contributed by atoms with Gasteiger partial charge in [0.15, 0.2) is 0 Å². The highest BCUT2D eigenvalue weighted by molar-refractivity contribution is 6.00. The van der Waals surface area contributed by atoms with Gasteiger partial charge in [-0.2, -0.15) is 0 Å². The topological polar surface area (TPSA) is 67.4 Å². The predicted molar refractivity (Wildman–Crippen MR) is 85.0 cm³/mol. The summed E-state index contributed by atoms with van der Waals surface area (Å²) in [6, 6.07) is 15.2. The third-order valence-corrected chi connectivity index (χ3v) is 3.11. The SMILES string of the molecule is COc1cccc(NC(=O)C(C)NC(=O)c2ccccc2)c1. The highest BCUT2D eigenvalue weighted by Gasteiger charge is 2.16. The lowest BCUT2D eigenvalue weighted by Crippen LogP contribution is -2.41. The molecule has 114 valence electrons. The molecule has 2 rings (SSSR count). The summed E-state index contributed by atoms with van der Waals surface area (Å²) in [5.41, 5.74) is 1.13. The molecule has 0 saturated heterocycles. The third-order valence-electron chi connectivity index (χ3n) is 3.11. The van der Waals surface area contributed by atoms with Crippen molar-refractivity contribution in [2.45, 2.75) is 13.0 Å². The molecule has 2 aromatic carbocycles. The zero-order valence-corrected chi connectivity index (χ0v) is 12.5. The Bertz CT molecular complexity index is 656. The summed E-state index contributed by atoms with van der Waals surface area (Å²) < 4.78 is 5.10. The minimum atomic E-state index is -0.654. The van der Waals surface area contributed by atoms with Gasteiger partial charge in [0.05, 0.1) is 7.11 Å². The highest BCUT2D eigenvalue weighted by Crippen LogP contribution is 2.16. The molecule has 0 spiro atoms. The van der Waals surface area contributed by atoms with Crippen molar-refractivity contribution in [3.63, 3.8) is 0 Å². The fourth-order valence-corrected chi connectivity index (χ4v) is 1.89. The molecule has 0 aliphatic heterocycles. The van der Waals surface area contributed by atoms with Gasteiger partial charge < -0.3 is 15.4 Å². The van der Waals surface area contributed by atoms with E-state index in [4.69, 9.17) is 4.74 Å². The molecule has 0 aromatic heterocycles. The average molecular weight is 298 g/mol. The summed E-state index contributed by atoms with van der Waals surface area (Å²) in [5.74, 6) is 0.0743. The first-order valence-electron chi connectivity index (χ1n) is 6.91. The molecule has 0 radical (unpaired) electrons. The van der Waals surface area contributed by atoms with E-state index in [0.29, 0.717) is 17.0 Å². The monoisotopic (exact) mass is 298 g/mol. The van der Waals surface area contributed by atoms with Crippen LogP contribution in [-0.4, -0.2) is 25.0 Å². The first-order chi connectivity index (χ1) is 10.6. The van der Waals surface area contributed by atoms with Gasteiger partial charge in [-0.3, -0.25) is 9.59 Å². The quantitative estimate of drug-likeness (QED) is 0.891. The number of amides is 2. The second kappa shape index (κ2) is 7.26. The van der Waals surface area contributed by atoms with Crippen LogP contribution in [0.5, 0.6) is 5.75 Å². The van der Waals surface area contributed by atoms with Crippen LogP contribution >= 0.6 is 0 Å². The standard InChI is InChI=1S/C17H18N2O3/c1-12(18-17(21)13-7-4-3-5-8-13)16(20)19-14-9-6-10-15(11-14)22-2/h3-12H,1-2H3,(H,18,21)(H,19,20). The van der Waals surface area contributed by atoms with Crippen molar-refractivity contribution >= 4 is 17.5 Å². The predicted octanol–water partition coefficient (Wildman–Crippen LogP) is 2.45. The van der Waals surface area contributed by atoms with Crippen molar-refractivity contribution in [1.82, 2.24) is 5.32 Å². The maximum Gasteiger partial charge on any atom is 0.251 e. The van der Waals surface area contributed by atoms with Gasteiger partial charge in [0.1, 0.15) is 11.8 Å². The van der Waals surface area contributed by atoms with Crippen LogP contribution in [0.15, 0.2) is 54.6 Å². The summed E-state index contributed by atoms with van der Waals surface area (Å²) in [6.07, 6.45) is 0. The fourth-order valence-electron chi connectivity index (χ4n) is 1.89. The zero-order chi connectivity index (χ0) is 15.9. The number of benzene rings is 2. The van der Waals surface area contributed by atoms with Crippen LogP contribution in [0.1, 0.15) is 17.3 Å². The van der Waals surface area contributed by atoms with Gasteiger partial charge in [-0.05, 0) is 31.2 Å². The second-order valence-electron chi connectivity index (χ2n) is 4.78. The molecule has 0 fully saturated rings. The summed E-state index contributed by atoms with van der Waals surface area (Å²) in [7, 11) is 1.56. The van der Waals surface area contributed by atoms with Crippen molar-refractivity contribution in [1.29, 1.82) is 0 Å². The number of hydrogen-bond acceptors (Lipinski definition) is 3. The lowest BCUT2D eigenvalue weighted by Gasteiger charge is -2.14. The minimum absolute atomic E-state index is 0.283. The van der Waals surface area contributed by atoms with E-state index in [1.165, 1.54) is 0 Å². The Morgan fingerprint density at radius 1 is 1.05 bits per heavy atom. The van der Waals surface area contributed by atoms with E-state index in [2.05, 4.69) is 10.6 Å². The van der Waals surface area contributed by atoms with E-state index >= 15 is 0 Å². The van der Waals surface area contributed by atoms with Crippen LogP contribution in [0.25, 0.3) is 0 Å². The Balaban J connectivity index is 1.96. The Kier molecular flexibility index (Phi) is 5.14. The molecule has 0 saturated carbocycles. The molecule has 5 heteroatoms. The molecule has 2 amide bonds. The minimum Gasteiger partial charge on any atom is -0.497 e. The zero-order valence-electron chi connectivity index (χ0n) is 12.5. The van der Waals surface area contributed by atoms with Gasteiger partial charge in [-0.25, -0.2) is 0 Å². The lowest BCUT2D eigenvalue weighted by atomic mass is 10.2. The molecule has 1 atom stereocenters. The Morgan fingerprint density at radius 3 is 2.45 bits per heavy atom. The number of carbonyl (C=O) groups is 2. The van der Waals surface area contributed by atoms with E-state index in [1.54, 1.807) is 62.6 Å². The maximum absolute atomic E-state index is 12.1. The van der Waals surface area contributed by atoms with Gasteiger partial charge >= 0.3 is 0 Å². The molecule has 5 nitrogen and oxygen atoms in total. The molecule has 0 bridgehead atoms. The number of rotatable bonds is 5. The number of methoxy groups -OCH3 is 1. The second-order valence-corrected chi connectivity index (χ2v) is 4.78. The molecule has 0 heterocycles. The first kappa shape index (κ1) is 15.6. The number of ether oxygens (including phenoxy) is 1. The largest absolute Gasteiger partial charge is 0.497 e. The summed E-state index contributed by atoms with van der Waals surface area (Å²) in [4.78, 5) is 24.1. The highest BCUT2D eigenvalue weighted by atomic mass is 16.5. The Hall–Kier alpha value is -2.82. The van der Waals surface area contributed by atoms with Crippen molar-refractivity contribution in [3.05, 3.63) is 60.2 Å². The van der Waals surface area contributed by atoms with Crippen LogP contribution in [-0.2, 0) is 4.79 Å². The van der Waals surface area contributed by atoms with E-state index < -0.39 is 6.04 Å². The van der Waals surface area contributed by atoms with E-state index in [1.807, 2.05) is 6.07 Å². The molecule has 2 N–H and O–H groups in total. The maximum atomic E-state index is 12.1. The van der Waals surface area contributed by atoms with Gasteiger partial charge in [0.25, 0.3) is 5.91 Å². The molecule has 0 aliphatic carbocycles. The summed E-state index contributed by atoms with van der Waals surface area (Å²) >= 11 is 0. The van der Waals surface area contributed by atoms with Crippen molar-refractivity contribution in [3.8, 4) is 5.75 Å². The number of nitrogens with one attached hydrogen (secondary N) is 2. The number of anilines is 1. The van der Waals surface area contributed by atoms with Crippen LogP contribution in [0.4, 0.5) is 5.69 Å². The van der Waals surface area contributed by atoms with Gasteiger partial charge in [-0.1, -0.05) is 24.3 Å². The van der Waals surface area contributed by atoms with Crippen LogP contribution in [0.2, 0.25) is 0 Å². The molecular formula is C17H18N2O3. The Morgan fingerprint density at radius 2 is 1.77 bits per heavy atom. The fraction of sp³-hybridized carbons (Fsp3) is 0.176. The summed E-state index contributed by atoms with van der Waals surface area (Å²) in [6.45, 7) is 1.64. The van der Waals surface area contributed by atoms with Crippen molar-refractivity contribution < 1.29 is 14.3 Å². The van der Waals surface area contributed by atoms with Crippen LogP contribution in [0, 0.1) is 0 Å². The molecule has 22 heavy (non-hydrogen) atoms. The number of carbonyl (C=O) groups excluding carboxylic acids is 2. The molecule has 0 aliphatic rings. The third kappa shape index (κ3) is 4.09. The smallest absolute Gasteiger partial charge is 0.251 e. The van der Waals surface area contributed by atoms with E-state index in [-0.39, 0.29) is 11.8 Å². The van der Waals surface area contributed by atoms with E-state index in [0.717, 1.165) is 0 Å². The number of hydrogen-bond donors (Lipinski definition) is 2. The molecule has 2 aromatic rings. The lowest BCUT2D eigenvalue weighted by molar-refractivity contribution is -0.117.